The van der Waals surface area contributed by atoms with Gasteiger partial charge in [-0.1, -0.05) is 0 Å². The minimum Gasteiger partial charge on any atom is -0.451 e. The Kier molecular flexibility index (Phi) is 5.89. The first-order valence-electron chi connectivity index (χ1n) is 6.54. The first kappa shape index (κ1) is 15.5. The van der Waals surface area contributed by atoms with E-state index in [1.165, 1.54) is 6.42 Å². The second kappa shape index (κ2) is 7.22. The highest BCUT2D eigenvalue weighted by Gasteiger charge is 2.24. The summed E-state index contributed by atoms with van der Waals surface area (Å²) < 4.78 is 12.9. The van der Waals surface area contributed by atoms with E-state index < -0.39 is 0 Å². The fourth-order valence-electron chi connectivity index (χ4n) is 2.53. The number of nitrogens with zero attached hydrogens (tertiary/aromatic N) is 1. The standard InChI is InChI=1S/C13H20Br2N2O2/c1-17(7-9-3-2-4-18-8-9)11(6-16)12-5-10(14)13(15)19-12/h5,9,11H,2-4,6-8,16H2,1H3. The summed E-state index contributed by atoms with van der Waals surface area (Å²) in [6.07, 6.45) is 2.39. The lowest BCUT2D eigenvalue weighted by Gasteiger charge is -2.31. The molecule has 2 unspecified atom stereocenters. The first-order valence-corrected chi connectivity index (χ1v) is 8.13. The van der Waals surface area contributed by atoms with Gasteiger partial charge in [0, 0.05) is 19.7 Å². The SMILES string of the molecule is CN(CC1CCCOC1)C(CN)c1cc(Br)c(Br)o1. The molecule has 0 saturated carbocycles. The van der Waals surface area contributed by atoms with Crippen molar-refractivity contribution in [3.05, 3.63) is 21.0 Å². The molecule has 0 spiro atoms. The Morgan fingerprint density at radius 3 is 2.84 bits per heavy atom. The zero-order chi connectivity index (χ0) is 13.8. The van der Waals surface area contributed by atoms with Crippen molar-refractivity contribution in [3.8, 4) is 0 Å². The number of furan rings is 1. The summed E-state index contributed by atoms with van der Waals surface area (Å²) in [6, 6.07) is 2.08. The largest absolute Gasteiger partial charge is 0.451 e. The molecule has 2 N–H and O–H groups in total. The number of halogens is 2. The lowest BCUT2D eigenvalue weighted by molar-refractivity contribution is 0.0350. The topological polar surface area (TPSA) is 51.6 Å². The number of rotatable bonds is 5. The van der Waals surface area contributed by atoms with Crippen LogP contribution in [-0.4, -0.2) is 38.3 Å². The minimum atomic E-state index is 0.101. The van der Waals surface area contributed by atoms with Crippen LogP contribution in [0.3, 0.4) is 0 Å². The second-order valence-electron chi connectivity index (χ2n) is 5.04. The molecule has 1 aromatic rings. The Balaban J connectivity index is 1.99. The number of ether oxygens (including phenoxy) is 1. The van der Waals surface area contributed by atoms with E-state index in [1.54, 1.807) is 0 Å². The molecule has 4 nitrogen and oxygen atoms in total. The van der Waals surface area contributed by atoms with Gasteiger partial charge in [0.2, 0.25) is 0 Å². The summed E-state index contributed by atoms with van der Waals surface area (Å²) in [5.41, 5.74) is 5.91. The van der Waals surface area contributed by atoms with Gasteiger partial charge in [-0.25, -0.2) is 0 Å². The Bertz CT molecular complexity index is 386. The van der Waals surface area contributed by atoms with Gasteiger partial charge in [-0.15, -0.1) is 0 Å². The van der Waals surface area contributed by atoms with Gasteiger partial charge in [0.05, 0.1) is 17.1 Å². The van der Waals surface area contributed by atoms with Crippen molar-refractivity contribution in [2.24, 2.45) is 11.7 Å². The second-order valence-corrected chi connectivity index (χ2v) is 6.62. The van der Waals surface area contributed by atoms with Gasteiger partial charge in [-0.05, 0) is 63.7 Å². The van der Waals surface area contributed by atoms with Gasteiger partial charge in [-0.2, -0.15) is 0 Å². The average molecular weight is 396 g/mol. The lowest BCUT2D eigenvalue weighted by atomic mass is 10.0. The van der Waals surface area contributed by atoms with Crippen LogP contribution in [0.2, 0.25) is 0 Å². The quantitative estimate of drug-likeness (QED) is 0.831. The Hall–Kier alpha value is 0.120. The third-order valence-corrected chi connectivity index (χ3v) is 5.26. The summed E-state index contributed by atoms with van der Waals surface area (Å²) in [5.74, 6) is 1.48. The van der Waals surface area contributed by atoms with E-state index in [9.17, 15) is 0 Å². The fourth-order valence-corrected chi connectivity index (χ4v) is 3.13. The monoisotopic (exact) mass is 394 g/mol. The van der Waals surface area contributed by atoms with Gasteiger partial charge < -0.3 is 14.9 Å². The molecule has 0 bridgehead atoms. The van der Waals surface area contributed by atoms with E-state index in [1.807, 2.05) is 6.07 Å². The minimum absolute atomic E-state index is 0.101. The molecule has 2 rings (SSSR count). The van der Waals surface area contributed by atoms with E-state index in [2.05, 4.69) is 43.8 Å². The van der Waals surface area contributed by atoms with Gasteiger partial charge in [0.15, 0.2) is 4.67 Å². The molecule has 2 heterocycles. The van der Waals surface area contributed by atoms with Crippen molar-refractivity contribution in [1.29, 1.82) is 0 Å². The Morgan fingerprint density at radius 1 is 1.53 bits per heavy atom. The number of hydrogen-bond donors (Lipinski definition) is 1. The molecule has 1 aromatic heterocycles. The highest BCUT2D eigenvalue weighted by molar-refractivity contribution is 9.13. The Labute approximate surface area is 130 Å². The van der Waals surface area contributed by atoms with Crippen LogP contribution in [0.1, 0.15) is 24.6 Å². The van der Waals surface area contributed by atoms with Crippen LogP contribution in [0.5, 0.6) is 0 Å². The molecule has 19 heavy (non-hydrogen) atoms. The van der Waals surface area contributed by atoms with E-state index in [-0.39, 0.29) is 6.04 Å². The van der Waals surface area contributed by atoms with Crippen molar-refractivity contribution in [2.45, 2.75) is 18.9 Å². The van der Waals surface area contributed by atoms with Crippen molar-refractivity contribution >= 4 is 31.9 Å². The van der Waals surface area contributed by atoms with Crippen LogP contribution in [-0.2, 0) is 4.74 Å². The predicted molar refractivity (Wildman–Crippen MR) is 82.1 cm³/mol. The lowest BCUT2D eigenvalue weighted by Crippen LogP contribution is -2.36. The van der Waals surface area contributed by atoms with Gasteiger partial charge >= 0.3 is 0 Å². The third kappa shape index (κ3) is 4.04. The zero-order valence-electron chi connectivity index (χ0n) is 11.1. The van der Waals surface area contributed by atoms with Crippen LogP contribution in [0.4, 0.5) is 0 Å². The maximum atomic E-state index is 5.91. The Morgan fingerprint density at radius 2 is 2.32 bits per heavy atom. The number of hydrogen-bond acceptors (Lipinski definition) is 4. The summed E-state index contributed by atoms with van der Waals surface area (Å²) in [7, 11) is 2.09. The summed E-state index contributed by atoms with van der Waals surface area (Å²) in [5, 5.41) is 0. The average Bonchev–Trinajstić information content (AvgIpc) is 2.71. The van der Waals surface area contributed by atoms with Crippen LogP contribution in [0.25, 0.3) is 0 Å². The molecular weight excluding hydrogens is 376 g/mol. The molecule has 1 aliphatic rings. The molecule has 0 amide bonds. The van der Waals surface area contributed by atoms with E-state index in [0.717, 1.165) is 41.1 Å². The maximum Gasteiger partial charge on any atom is 0.183 e. The molecule has 0 aliphatic carbocycles. The van der Waals surface area contributed by atoms with Crippen molar-refractivity contribution in [3.63, 3.8) is 0 Å². The zero-order valence-corrected chi connectivity index (χ0v) is 14.2. The number of nitrogens with two attached hydrogens (primary N) is 1. The molecule has 108 valence electrons. The maximum absolute atomic E-state index is 5.91. The highest BCUT2D eigenvalue weighted by atomic mass is 79.9. The number of likely N-dealkylation sites (N-methyl/N-ethyl adjacent to an activating group) is 1. The predicted octanol–water partition coefficient (Wildman–Crippen LogP) is 3.16. The smallest absolute Gasteiger partial charge is 0.183 e. The molecule has 1 aliphatic heterocycles. The summed E-state index contributed by atoms with van der Waals surface area (Å²) in [4.78, 5) is 2.26. The third-order valence-electron chi connectivity index (χ3n) is 3.55. The van der Waals surface area contributed by atoms with E-state index in [0.29, 0.717) is 12.5 Å². The van der Waals surface area contributed by atoms with Gasteiger partial charge in [0.25, 0.3) is 0 Å². The normalized spacial score (nSPS) is 21.8. The van der Waals surface area contributed by atoms with Crippen molar-refractivity contribution in [2.75, 3.05) is 33.4 Å². The van der Waals surface area contributed by atoms with Gasteiger partial charge in [0.1, 0.15) is 5.76 Å². The molecule has 1 saturated heterocycles. The van der Waals surface area contributed by atoms with Crippen LogP contribution < -0.4 is 5.73 Å². The molecular formula is C13H20Br2N2O2. The van der Waals surface area contributed by atoms with Crippen molar-refractivity contribution in [1.82, 2.24) is 4.90 Å². The van der Waals surface area contributed by atoms with Crippen LogP contribution >= 0.6 is 31.9 Å². The van der Waals surface area contributed by atoms with Crippen LogP contribution in [0, 0.1) is 5.92 Å². The molecule has 6 heteroatoms. The van der Waals surface area contributed by atoms with E-state index >= 15 is 0 Å². The highest BCUT2D eigenvalue weighted by Crippen LogP contribution is 2.32. The van der Waals surface area contributed by atoms with Crippen LogP contribution in [0.15, 0.2) is 19.6 Å². The molecule has 2 atom stereocenters. The first-order chi connectivity index (χ1) is 9.11. The van der Waals surface area contributed by atoms with Crippen molar-refractivity contribution < 1.29 is 9.15 Å². The molecule has 1 fully saturated rings. The molecule has 0 aromatic carbocycles. The van der Waals surface area contributed by atoms with E-state index in [4.69, 9.17) is 14.9 Å². The van der Waals surface area contributed by atoms with Gasteiger partial charge in [-0.3, -0.25) is 4.90 Å². The fraction of sp³-hybridized carbons (Fsp3) is 0.692. The summed E-state index contributed by atoms with van der Waals surface area (Å²) in [6.45, 7) is 3.28. The molecule has 0 radical (unpaired) electrons. The summed E-state index contributed by atoms with van der Waals surface area (Å²) >= 11 is 6.81.